The molecule has 0 bridgehead atoms. The Kier molecular flexibility index (Phi) is 6.07. The molecule has 1 aliphatic rings. The molecule has 1 saturated heterocycles. The third-order valence-corrected chi connectivity index (χ3v) is 5.65. The van der Waals surface area contributed by atoms with Gasteiger partial charge in [0.05, 0.1) is 20.1 Å². The SMILES string of the molecule is COc1cc(OC)cc(C(=O)N2CCC(C(=O)Oc3ccc4ccccc4c3)CC2)c1. The minimum atomic E-state index is -0.245. The number of piperidine rings is 1. The van der Waals surface area contributed by atoms with Gasteiger partial charge in [0.1, 0.15) is 17.2 Å². The van der Waals surface area contributed by atoms with Crippen LogP contribution in [0.2, 0.25) is 0 Å². The number of likely N-dealkylation sites (tertiary alicyclic amines) is 1. The minimum absolute atomic E-state index is 0.0986. The van der Waals surface area contributed by atoms with Gasteiger partial charge in [0, 0.05) is 24.7 Å². The molecule has 0 spiro atoms. The van der Waals surface area contributed by atoms with Crippen LogP contribution in [-0.2, 0) is 4.79 Å². The van der Waals surface area contributed by atoms with Gasteiger partial charge in [-0.15, -0.1) is 0 Å². The average Bonchev–Trinajstić information content (AvgIpc) is 2.83. The van der Waals surface area contributed by atoms with Crippen molar-refractivity contribution in [2.75, 3.05) is 27.3 Å². The molecule has 6 heteroatoms. The van der Waals surface area contributed by atoms with E-state index in [1.807, 2.05) is 42.5 Å². The molecule has 1 fully saturated rings. The summed E-state index contributed by atoms with van der Waals surface area (Å²) in [6, 6.07) is 18.7. The van der Waals surface area contributed by atoms with Crippen molar-refractivity contribution in [3.8, 4) is 17.2 Å². The van der Waals surface area contributed by atoms with Crippen molar-refractivity contribution in [1.29, 1.82) is 0 Å². The van der Waals surface area contributed by atoms with Crippen LogP contribution in [0.25, 0.3) is 10.8 Å². The van der Waals surface area contributed by atoms with Gasteiger partial charge in [-0.05, 0) is 47.9 Å². The third-order valence-electron chi connectivity index (χ3n) is 5.65. The Hall–Kier alpha value is -3.54. The van der Waals surface area contributed by atoms with Crippen LogP contribution in [0.1, 0.15) is 23.2 Å². The van der Waals surface area contributed by atoms with E-state index in [0.717, 1.165) is 10.8 Å². The Balaban J connectivity index is 1.37. The molecule has 1 amide bonds. The number of benzene rings is 3. The Labute approximate surface area is 181 Å². The standard InChI is InChI=1S/C25H25NO5/c1-29-22-14-20(15-23(16-22)30-2)24(27)26-11-9-18(10-12-26)25(28)31-21-8-7-17-5-3-4-6-19(17)13-21/h3-8,13-16,18H,9-12H2,1-2H3. The maximum Gasteiger partial charge on any atom is 0.314 e. The second kappa shape index (κ2) is 9.08. The first-order valence-corrected chi connectivity index (χ1v) is 10.3. The summed E-state index contributed by atoms with van der Waals surface area (Å²) in [6.45, 7) is 0.992. The van der Waals surface area contributed by atoms with E-state index in [-0.39, 0.29) is 17.8 Å². The molecule has 0 radical (unpaired) electrons. The largest absolute Gasteiger partial charge is 0.497 e. The molecular formula is C25H25NO5. The molecule has 3 aromatic rings. The fourth-order valence-corrected chi connectivity index (χ4v) is 3.86. The fraction of sp³-hybridized carbons (Fsp3) is 0.280. The lowest BCUT2D eigenvalue weighted by molar-refractivity contribution is -0.140. The molecule has 4 rings (SSSR count). The maximum atomic E-state index is 12.9. The summed E-state index contributed by atoms with van der Waals surface area (Å²) in [5, 5.41) is 2.13. The summed E-state index contributed by atoms with van der Waals surface area (Å²) in [5.41, 5.74) is 0.508. The van der Waals surface area contributed by atoms with Crippen molar-refractivity contribution in [2.24, 2.45) is 5.92 Å². The van der Waals surface area contributed by atoms with Crippen molar-refractivity contribution in [3.05, 3.63) is 66.2 Å². The number of carbonyl (C=O) groups is 2. The first-order valence-electron chi connectivity index (χ1n) is 10.3. The van der Waals surface area contributed by atoms with Crippen LogP contribution in [0.5, 0.6) is 17.2 Å². The number of carbonyl (C=O) groups excluding carboxylic acids is 2. The lowest BCUT2D eigenvalue weighted by atomic mass is 9.96. The van der Waals surface area contributed by atoms with Gasteiger partial charge in [-0.25, -0.2) is 0 Å². The zero-order valence-corrected chi connectivity index (χ0v) is 17.7. The Morgan fingerprint density at radius 2 is 1.45 bits per heavy atom. The number of rotatable bonds is 5. The van der Waals surface area contributed by atoms with E-state index < -0.39 is 0 Å². The highest BCUT2D eigenvalue weighted by Gasteiger charge is 2.29. The Bertz CT molecular complexity index is 1080. The number of methoxy groups -OCH3 is 2. The summed E-state index contributed by atoms with van der Waals surface area (Å²) in [4.78, 5) is 27.3. The molecule has 1 heterocycles. The second-order valence-electron chi connectivity index (χ2n) is 7.60. The number of ether oxygens (including phenoxy) is 3. The first-order chi connectivity index (χ1) is 15.1. The molecule has 0 aromatic heterocycles. The van der Waals surface area contributed by atoms with Gasteiger partial charge in [0.2, 0.25) is 0 Å². The molecule has 1 aliphatic heterocycles. The summed E-state index contributed by atoms with van der Waals surface area (Å²) in [6.07, 6.45) is 1.14. The Morgan fingerprint density at radius 3 is 2.10 bits per heavy atom. The minimum Gasteiger partial charge on any atom is -0.497 e. The predicted octanol–water partition coefficient (Wildman–Crippen LogP) is 4.31. The molecule has 6 nitrogen and oxygen atoms in total. The number of esters is 1. The van der Waals surface area contributed by atoms with Gasteiger partial charge in [0.25, 0.3) is 5.91 Å². The average molecular weight is 419 g/mol. The van der Waals surface area contributed by atoms with Gasteiger partial charge in [0.15, 0.2) is 0 Å². The van der Waals surface area contributed by atoms with Crippen molar-refractivity contribution < 1.29 is 23.8 Å². The zero-order chi connectivity index (χ0) is 21.8. The monoisotopic (exact) mass is 419 g/mol. The third kappa shape index (κ3) is 4.63. The van der Waals surface area contributed by atoms with Gasteiger partial charge < -0.3 is 19.1 Å². The number of fused-ring (bicyclic) bond motifs is 1. The molecule has 0 N–H and O–H groups in total. The highest BCUT2D eigenvalue weighted by Crippen LogP contribution is 2.27. The lowest BCUT2D eigenvalue weighted by Gasteiger charge is -2.31. The van der Waals surface area contributed by atoms with Crippen molar-refractivity contribution in [1.82, 2.24) is 4.90 Å². The smallest absolute Gasteiger partial charge is 0.314 e. The van der Waals surface area contributed by atoms with Gasteiger partial charge in [-0.1, -0.05) is 30.3 Å². The molecule has 31 heavy (non-hydrogen) atoms. The van der Waals surface area contributed by atoms with E-state index >= 15 is 0 Å². The molecule has 3 aromatic carbocycles. The van der Waals surface area contributed by atoms with Crippen molar-refractivity contribution in [3.63, 3.8) is 0 Å². The summed E-state index contributed by atoms with van der Waals surface area (Å²) < 4.78 is 16.1. The van der Waals surface area contributed by atoms with Gasteiger partial charge >= 0.3 is 5.97 Å². The van der Waals surface area contributed by atoms with E-state index in [4.69, 9.17) is 14.2 Å². The molecule has 0 saturated carbocycles. The number of nitrogens with zero attached hydrogens (tertiary/aromatic N) is 1. The van der Waals surface area contributed by atoms with Crippen LogP contribution in [0.15, 0.2) is 60.7 Å². The molecular weight excluding hydrogens is 394 g/mol. The van der Waals surface area contributed by atoms with Crippen LogP contribution in [-0.4, -0.2) is 44.1 Å². The molecule has 0 atom stereocenters. The highest BCUT2D eigenvalue weighted by molar-refractivity contribution is 5.95. The second-order valence-corrected chi connectivity index (χ2v) is 7.60. The Morgan fingerprint density at radius 1 is 0.806 bits per heavy atom. The van der Waals surface area contributed by atoms with Gasteiger partial charge in [-0.3, -0.25) is 9.59 Å². The van der Waals surface area contributed by atoms with E-state index in [1.54, 1.807) is 37.3 Å². The zero-order valence-electron chi connectivity index (χ0n) is 17.7. The highest BCUT2D eigenvalue weighted by atomic mass is 16.5. The van der Waals surface area contributed by atoms with Crippen LogP contribution < -0.4 is 14.2 Å². The lowest BCUT2D eigenvalue weighted by Crippen LogP contribution is -2.41. The normalized spacial score (nSPS) is 14.3. The van der Waals surface area contributed by atoms with Crippen molar-refractivity contribution in [2.45, 2.75) is 12.8 Å². The predicted molar refractivity (Wildman–Crippen MR) is 118 cm³/mol. The van der Waals surface area contributed by atoms with Crippen LogP contribution in [0.4, 0.5) is 0 Å². The van der Waals surface area contributed by atoms with Gasteiger partial charge in [-0.2, -0.15) is 0 Å². The fourth-order valence-electron chi connectivity index (χ4n) is 3.86. The molecule has 0 unspecified atom stereocenters. The first kappa shape index (κ1) is 20.7. The van der Waals surface area contributed by atoms with E-state index in [1.165, 1.54) is 0 Å². The topological polar surface area (TPSA) is 65.1 Å². The van der Waals surface area contributed by atoms with E-state index in [0.29, 0.717) is 48.7 Å². The number of hydrogen-bond acceptors (Lipinski definition) is 5. The molecule has 160 valence electrons. The summed E-state index contributed by atoms with van der Waals surface area (Å²) >= 11 is 0. The van der Waals surface area contributed by atoms with Crippen LogP contribution in [0.3, 0.4) is 0 Å². The van der Waals surface area contributed by atoms with Crippen LogP contribution in [0, 0.1) is 5.92 Å². The van der Waals surface area contributed by atoms with E-state index in [2.05, 4.69) is 0 Å². The number of amides is 1. The number of hydrogen-bond donors (Lipinski definition) is 0. The summed E-state index contributed by atoms with van der Waals surface area (Å²) in [7, 11) is 3.10. The van der Waals surface area contributed by atoms with Crippen LogP contribution >= 0.6 is 0 Å². The van der Waals surface area contributed by atoms with Crippen molar-refractivity contribution >= 4 is 22.6 Å². The van der Waals surface area contributed by atoms with E-state index in [9.17, 15) is 9.59 Å². The molecule has 0 aliphatic carbocycles. The maximum absolute atomic E-state index is 12.9. The summed E-state index contributed by atoms with van der Waals surface area (Å²) in [5.74, 6) is 1.11. The quantitative estimate of drug-likeness (QED) is 0.455.